The van der Waals surface area contributed by atoms with Crippen LogP contribution in [0.2, 0.25) is 0 Å². The smallest absolute Gasteiger partial charge is 0.338 e. The SMILES string of the molecule is C=CC(=O)OCCCCOC(=O)c1ccc(OC(=O)C2CCC(C(=O)Oc3ccc(OC(=O)C4CCC(C(=O)Oc5ccc(C(=O)OCCCCOC(=O)C=C)cc5)CC4)c4sc(-c5ccc([N+](=O)[O-])cc5)nc34)CC2)cc1. The van der Waals surface area contributed by atoms with Gasteiger partial charge >= 0.3 is 47.8 Å². The Morgan fingerprint density at radius 3 is 1.28 bits per heavy atom. The molecule has 5 aromatic rings. The van der Waals surface area contributed by atoms with Gasteiger partial charge in [-0.25, -0.2) is 24.2 Å². The number of carbonyl (C=O) groups excluding carboxylic acids is 8. The van der Waals surface area contributed by atoms with Crippen molar-refractivity contribution < 1.29 is 81.2 Å². The van der Waals surface area contributed by atoms with E-state index in [9.17, 15) is 48.5 Å². The lowest BCUT2D eigenvalue weighted by atomic mass is 9.82. The molecule has 0 unspecified atom stereocenters. The molecule has 7 rings (SSSR count). The highest BCUT2D eigenvalue weighted by Gasteiger charge is 2.35. The first-order valence-electron chi connectivity index (χ1n) is 25.4. The zero-order valence-corrected chi connectivity index (χ0v) is 43.2. The average molecular weight is 1090 g/mol. The minimum atomic E-state index is -0.559. The Kier molecular flexibility index (Phi) is 20.5. The summed E-state index contributed by atoms with van der Waals surface area (Å²) in [5, 5.41) is 11.8. The second kappa shape index (κ2) is 28.0. The van der Waals surface area contributed by atoms with Gasteiger partial charge in [0.2, 0.25) is 0 Å². The predicted octanol–water partition coefficient (Wildman–Crippen LogP) is 9.84. The quantitative estimate of drug-likeness (QED) is 0.0106. The molecule has 0 spiro atoms. The summed E-state index contributed by atoms with van der Waals surface area (Å²) in [7, 11) is 0. The fourth-order valence-corrected chi connectivity index (χ4v) is 9.61. The number of ether oxygens (including phenoxy) is 8. The van der Waals surface area contributed by atoms with Crippen molar-refractivity contribution in [2.24, 2.45) is 23.7 Å². The standard InChI is InChI=1S/C57H56N2O18S/c1-3-47(60)70-31-5-7-33-72-52(62)36-19-25-43(26-20-36)74-54(64)38-9-13-40(14-10-38)56(66)76-45-29-30-46(50-49(45)58-51(78-50)35-17-23-42(24-18-35)59(68)69)77-57(67)41-15-11-39(12-16-41)55(65)75-44-27-21-37(22-28-44)53(63)73-34-8-6-32-71-48(61)4-2/h3-4,17-30,38-41H,1-2,5-16,31-34H2. The molecule has 0 atom stereocenters. The van der Waals surface area contributed by atoms with Crippen LogP contribution in [0.25, 0.3) is 20.8 Å². The number of fused-ring (bicyclic) bond motifs is 1. The number of hydrogen-bond acceptors (Lipinski definition) is 20. The largest absolute Gasteiger partial charge is 0.463 e. The van der Waals surface area contributed by atoms with E-state index < -0.39 is 76.3 Å². The molecule has 0 N–H and O–H groups in total. The van der Waals surface area contributed by atoms with Crippen LogP contribution in [0.1, 0.15) is 97.8 Å². The Bertz CT molecular complexity index is 2830. The van der Waals surface area contributed by atoms with E-state index in [2.05, 4.69) is 13.2 Å². The first-order valence-corrected chi connectivity index (χ1v) is 26.2. The third-order valence-corrected chi connectivity index (χ3v) is 14.1. The molecule has 1 heterocycles. The van der Waals surface area contributed by atoms with E-state index in [1.807, 2.05) is 0 Å². The van der Waals surface area contributed by atoms with Crippen LogP contribution < -0.4 is 18.9 Å². The van der Waals surface area contributed by atoms with Crippen LogP contribution in [-0.2, 0) is 47.7 Å². The van der Waals surface area contributed by atoms with E-state index in [1.165, 1.54) is 84.9 Å². The highest BCUT2D eigenvalue weighted by Crippen LogP contribution is 2.43. The number of thiazole rings is 1. The number of nitro groups is 1. The van der Waals surface area contributed by atoms with Crippen molar-refractivity contribution in [3.05, 3.63) is 131 Å². The summed E-state index contributed by atoms with van der Waals surface area (Å²) in [6, 6.07) is 20.7. The van der Waals surface area contributed by atoms with Crippen molar-refractivity contribution in [2.75, 3.05) is 26.4 Å². The number of nitro benzene ring substituents is 1. The van der Waals surface area contributed by atoms with Gasteiger partial charge in [-0.15, -0.1) is 11.3 Å². The van der Waals surface area contributed by atoms with Gasteiger partial charge in [-0.3, -0.25) is 29.3 Å². The van der Waals surface area contributed by atoms with Crippen molar-refractivity contribution >= 4 is 75.0 Å². The van der Waals surface area contributed by atoms with Gasteiger partial charge in [0.25, 0.3) is 5.69 Å². The lowest BCUT2D eigenvalue weighted by Gasteiger charge is -2.26. The molecule has 0 bridgehead atoms. The first-order chi connectivity index (χ1) is 37.7. The van der Waals surface area contributed by atoms with E-state index >= 15 is 0 Å². The number of carbonyl (C=O) groups is 8. The topological polar surface area (TPSA) is 266 Å². The third-order valence-electron chi connectivity index (χ3n) is 13.0. The van der Waals surface area contributed by atoms with E-state index in [1.54, 1.807) is 0 Å². The second-order valence-corrected chi connectivity index (χ2v) is 19.3. The van der Waals surface area contributed by atoms with Gasteiger partial charge in [-0.2, -0.15) is 0 Å². The molecule has 2 aliphatic rings. The van der Waals surface area contributed by atoms with Crippen molar-refractivity contribution in [2.45, 2.75) is 77.0 Å². The fourth-order valence-electron chi connectivity index (χ4n) is 8.57. The summed E-state index contributed by atoms with van der Waals surface area (Å²) in [5.74, 6) is -5.53. The highest BCUT2D eigenvalue weighted by molar-refractivity contribution is 7.22. The molecule has 2 saturated carbocycles. The van der Waals surface area contributed by atoms with Crippen molar-refractivity contribution in [3.8, 4) is 33.6 Å². The summed E-state index contributed by atoms with van der Waals surface area (Å²) in [6.07, 6.45) is 6.87. The molecule has 1 aromatic heterocycles. The molecule has 2 aliphatic carbocycles. The molecule has 408 valence electrons. The van der Waals surface area contributed by atoms with Gasteiger partial charge in [-0.05, 0) is 150 Å². The van der Waals surface area contributed by atoms with Gasteiger partial charge in [-0.1, -0.05) is 13.2 Å². The summed E-state index contributed by atoms with van der Waals surface area (Å²) in [4.78, 5) is 117. The zero-order chi connectivity index (χ0) is 55.6. The molecule has 0 aliphatic heterocycles. The van der Waals surface area contributed by atoms with Crippen LogP contribution in [0.4, 0.5) is 5.69 Å². The molecular formula is C57H56N2O18S. The Morgan fingerprint density at radius 2 is 0.885 bits per heavy atom. The Hall–Kier alpha value is -8.59. The minimum absolute atomic E-state index is 0.102. The molecule has 0 amide bonds. The Morgan fingerprint density at radius 1 is 0.513 bits per heavy atom. The highest BCUT2D eigenvalue weighted by atomic mass is 32.1. The lowest BCUT2D eigenvalue weighted by molar-refractivity contribution is -0.384. The maximum absolute atomic E-state index is 13.7. The van der Waals surface area contributed by atoms with Gasteiger partial charge in [0.15, 0.2) is 11.5 Å². The van der Waals surface area contributed by atoms with Crippen LogP contribution in [0.3, 0.4) is 0 Å². The van der Waals surface area contributed by atoms with E-state index in [0.29, 0.717) is 92.3 Å². The van der Waals surface area contributed by atoms with Crippen molar-refractivity contribution in [1.82, 2.24) is 4.98 Å². The van der Waals surface area contributed by atoms with Gasteiger partial charge in [0.05, 0.1) is 66.1 Å². The number of aromatic nitrogens is 1. The number of benzene rings is 4. The number of esters is 8. The Balaban J connectivity index is 0.902. The van der Waals surface area contributed by atoms with Gasteiger partial charge in [0, 0.05) is 29.8 Å². The van der Waals surface area contributed by atoms with Crippen LogP contribution in [0, 0.1) is 33.8 Å². The van der Waals surface area contributed by atoms with Crippen molar-refractivity contribution in [3.63, 3.8) is 0 Å². The molecule has 20 nitrogen and oxygen atoms in total. The van der Waals surface area contributed by atoms with Gasteiger partial charge in [0.1, 0.15) is 26.7 Å². The van der Waals surface area contributed by atoms with Crippen LogP contribution >= 0.6 is 11.3 Å². The number of nitrogens with zero attached hydrogens (tertiary/aromatic N) is 2. The number of non-ortho nitro benzene ring substituents is 1. The summed E-state index contributed by atoms with van der Waals surface area (Å²) < 4.78 is 43.9. The van der Waals surface area contributed by atoms with Crippen molar-refractivity contribution in [1.29, 1.82) is 0 Å². The van der Waals surface area contributed by atoms with Crippen LogP contribution in [-0.4, -0.2) is 84.1 Å². The average Bonchev–Trinajstić information content (AvgIpc) is 3.97. The Labute approximate surface area is 451 Å². The van der Waals surface area contributed by atoms with E-state index in [4.69, 9.17) is 42.9 Å². The monoisotopic (exact) mass is 1090 g/mol. The molecule has 2 fully saturated rings. The molecular weight excluding hydrogens is 1030 g/mol. The molecule has 78 heavy (non-hydrogen) atoms. The zero-order valence-electron chi connectivity index (χ0n) is 42.4. The van der Waals surface area contributed by atoms with Crippen LogP contribution in [0.5, 0.6) is 23.0 Å². The van der Waals surface area contributed by atoms with Gasteiger partial charge < -0.3 is 37.9 Å². The third kappa shape index (κ3) is 16.0. The maximum atomic E-state index is 13.7. The number of rotatable bonds is 24. The second-order valence-electron chi connectivity index (χ2n) is 18.3. The molecule has 21 heteroatoms. The fraction of sp³-hybridized carbons (Fsp3) is 0.351. The van der Waals surface area contributed by atoms with E-state index in [0.717, 1.165) is 23.5 Å². The summed E-state index contributed by atoms with van der Waals surface area (Å²) >= 11 is 1.14. The number of unbranched alkanes of at least 4 members (excludes halogenated alkanes) is 2. The first kappa shape index (κ1) is 57.1. The maximum Gasteiger partial charge on any atom is 0.338 e. The molecule has 0 saturated heterocycles. The predicted molar refractivity (Wildman–Crippen MR) is 279 cm³/mol. The molecule has 4 aromatic carbocycles. The summed E-state index contributed by atoms with van der Waals surface area (Å²) in [6.45, 7) is 7.28. The minimum Gasteiger partial charge on any atom is -0.463 e. The molecule has 0 radical (unpaired) electrons. The normalized spacial score (nSPS) is 16.8. The number of hydrogen-bond donors (Lipinski definition) is 0. The van der Waals surface area contributed by atoms with E-state index in [-0.39, 0.29) is 71.8 Å². The summed E-state index contributed by atoms with van der Waals surface area (Å²) in [5.41, 5.74) is 1.17. The lowest BCUT2D eigenvalue weighted by Crippen LogP contribution is -2.30. The van der Waals surface area contributed by atoms with Crippen LogP contribution in [0.15, 0.2) is 110 Å².